The summed E-state index contributed by atoms with van der Waals surface area (Å²) in [5, 5.41) is 0. The fourth-order valence-electron chi connectivity index (χ4n) is 0.760. The van der Waals surface area contributed by atoms with Crippen LogP contribution in [0.25, 0.3) is 0 Å². The van der Waals surface area contributed by atoms with Gasteiger partial charge in [-0.15, -0.1) is 0 Å². The van der Waals surface area contributed by atoms with Gasteiger partial charge >= 0.3 is 0 Å². The van der Waals surface area contributed by atoms with E-state index in [0.29, 0.717) is 12.6 Å². The van der Waals surface area contributed by atoms with Gasteiger partial charge in [0.05, 0.1) is 6.61 Å². The Labute approximate surface area is 67.7 Å². The highest BCUT2D eigenvalue weighted by Gasteiger charge is 2.23. The van der Waals surface area contributed by atoms with E-state index >= 15 is 0 Å². The number of hydrogen-bond donors (Lipinski definition) is 1. The van der Waals surface area contributed by atoms with Crippen LogP contribution in [0.3, 0.4) is 0 Å². The second kappa shape index (κ2) is 3.69. The Morgan fingerprint density at radius 1 is 1.55 bits per heavy atom. The highest BCUT2D eigenvalue weighted by molar-refractivity contribution is 5.20. The number of ether oxygens (including phenoxy) is 1. The summed E-state index contributed by atoms with van der Waals surface area (Å²) in [5.74, 6) is 0. The zero-order valence-corrected chi connectivity index (χ0v) is 7.13. The third-order valence-corrected chi connectivity index (χ3v) is 1.79. The van der Waals surface area contributed by atoms with Crippen LogP contribution in [0, 0.1) is 0 Å². The number of allylic oxidation sites excluding steroid dienone is 2. The predicted molar refractivity (Wildman–Crippen MR) is 46.3 cm³/mol. The summed E-state index contributed by atoms with van der Waals surface area (Å²) in [5.41, 5.74) is 7.91. The highest BCUT2D eigenvalue weighted by atomic mass is 16.6. The zero-order valence-electron chi connectivity index (χ0n) is 7.13. The van der Waals surface area contributed by atoms with Gasteiger partial charge in [0.15, 0.2) is 0 Å². The molecule has 0 saturated carbocycles. The van der Waals surface area contributed by atoms with E-state index in [0.717, 1.165) is 6.61 Å². The van der Waals surface area contributed by atoms with Crippen LogP contribution in [0.4, 0.5) is 0 Å². The van der Waals surface area contributed by atoms with E-state index in [1.54, 1.807) is 0 Å². The number of epoxide rings is 1. The van der Waals surface area contributed by atoms with Crippen molar-refractivity contribution < 1.29 is 4.74 Å². The third kappa shape index (κ3) is 2.87. The molecule has 1 fully saturated rings. The Balaban J connectivity index is 2.43. The van der Waals surface area contributed by atoms with E-state index in [2.05, 4.69) is 19.1 Å². The van der Waals surface area contributed by atoms with Crippen molar-refractivity contribution in [3.05, 3.63) is 23.3 Å². The second-order valence-electron chi connectivity index (χ2n) is 2.95. The predicted octanol–water partition coefficient (Wildman–Crippen LogP) is 1.24. The molecule has 1 saturated heterocycles. The Kier molecular flexibility index (Phi) is 2.85. The molecule has 1 rings (SSSR count). The maximum absolute atomic E-state index is 5.42. The Morgan fingerprint density at radius 2 is 2.18 bits per heavy atom. The molecule has 1 heterocycles. The normalized spacial score (nSPS) is 25.5. The SMILES string of the molecule is C/C(=C\C=C(/C)C1CO1)CN. The standard InChI is InChI=1S/C9H15NO/c1-7(5-10)3-4-8(2)9-6-11-9/h3-4,9H,5-6,10H2,1-2H3/b7-3+,8-4+. The number of hydrogen-bond acceptors (Lipinski definition) is 2. The summed E-state index contributed by atoms with van der Waals surface area (Å²) in [6, 6.07) is 0. The second-order valence-corrected chi connectivity index (χ2v) is 2.95. The Hall–Kier alpha value is -0.600. The van der Waals surface area contributed by atoms with Gasteiger partial charge in [0.25, 0.3) is 0 Å². The molecule has 0 aromatic heterocycles. The minimum atomic E-state index is 0.386. The van der Waals surface area contributed by atoms with Crippen LogP contribution in [0.15, 0.2) is 23.3 Å². The van der Waals surface area contributed by atoms with Gasteiger partial charge in [-0.3, -0.25) is 0 Å². The fraction of sp³-hybridized carbons (Fsp3) is 0.556. The van der Waals surface area contributed by atoms with Crippen molar-refractivity contribution in [1.82, 2.24) is 0 Å². The molecule has 1 unspecified atom stereocenters. The van der Waals surface area contributed by atoms with E-state index in [9.17, 15) is 0 Å². The Morgan fingerprint density at radius 3 is 2.64 bits per heavy atom. The average molecular weight is 153 g/mol. The topological polar surface area (TPSA) is 38.5 Å². The monoisotopic (exact) mass is 153 g/mol. The number of rotatable bonds is 3. The summed E-state index contributed by atoms with van der Waals surface area (Å²) in [4.78, 5) is 0. The highest BCUT2D eigenvalue weighted by Crippen LogP contribution is 2.18. The fourth-order valence-corrected chi connectivity index (χ4v) is 0.760. The molecule has 1 aliphatic rings. The van der Waals surface area contributed by atoms with E-state index in [1.165, 1.54) is 11.1 Å². The summed E-state index contributed by atoms with van der Waals surface area (Å²) in [6.07, 6.45) is 4.52. The lowest BCUT2D eigenvalue weighted by molar-refractivity contribution is 0.432. The smallest absolute Gasteiger partial charge is 0.102 e. The Bertz CT molecular complexity index is 190. The van der Waals surface area contributed by atoms with Crippen LogP contribution in [0.5, 0.6) is 0 Å². The van der Waals surface area contributed by atoms with Gasteiger partial charge in [0.1, 0.15) is 6.10 Å². The molecule has 0 radical (unpaired) electrons. The first-order chi connectivity index (χ1) is 5.24. The van der Waals surface area contributed by atoms with Gasteiger partial charge in [-0.1, -0.05) is 17.7 Å². The molecule has 0 aliphatic carbocycles. The molecule has 1 aliphatic heterocycles. The van der Waals surface area contributed by atoms with E-state index < -0.39 is 0 Å². The van der Waals surface area contributed by atoms with Gasteiger partial charge in [0.2, 0.25) is 0 Å². The van der Waals surface area contributed by atoms with Crippen molar-refractivity contribution >= 4 is 0 Å². The molecule has 11 heavy (non-hydrogen) atoms. The molecule has 62 valence electrons. The molecule has 2 heteroatoms. The molecule has 2 nitrogen and oxygen atoms in total. The van der Waals surface area contributed by atoms with Crippen molar-refractivity contribution in [1.29, 1.82) is 0 Å². The minimum absolute atomic E-state index is 0.386. The lowest BCUT2D eigenvalue weighted by atomic mass is 10.2. The van der Waals surface area contributed by atoms with Crippen molar-refractivity contribution in [2.75, 3.05) is 13.2 Å². The molecule has 2 N–H and O–H groups in total. The number of nitrogens with two attached hydrogens (primary N) is 1. The van der Waals surface area contributed by atoms with Crippen LogP contribution >= 0.6 is 0 Å². The van der Waals surface area contributed by atoms with Crippen molar-refractivity contribution in [2.24, 2.45) is 5.73 Å². The van der Waals surface area contributed by atoms with Crippen molar-refractivity contribution in [2.45, 2.75) is 20.0 Å². The van der Waals surface area contributed by atoms with Crippen LogP contribution < -0.4 is 5.73 Å². The molecular formula is C9H15NO. The molecule has 0 spiro atoms. The van der Waals surface area contributed by atoms with Crippen molar-refractivity contribution in [3.63, 3.8) is 0 Å². The maximum Gasteiger partial charge on any atom is 0.102 e. The van der Waals surface area contributed by atoms with Gasteiger partial charge in [-0.2, -0.15) is 0 Å². The summed E-state index contributed by atoms with van der Waals surface area (Å²) in [7, 11) is 0. The van der Waals surface area contributed by atoms with E-state index in [-0.39, 0.29) is 0 Å². The van der Waals surface area contributed by atoms with Crippen molar-refractivity contribution in [3.8, 4) is 0 Å². The summed E-state index contributed by atoms with van der Waals surface area (Å²) in [6.45, 7) is 5.63. The largest absolute Gasteiger partial charge is 0.368 e. The van der Waals surface area contributed by atoms with Crippen LogP contribution in [-0.4, -0.2) is 19.3 Å². The third-order valence-electron chi connectivity index (χ3n) is 1.79. The van der Waals surface area contributed by atoms with Crippen LogP contribution in [0.2, 0.25) is 0 Å². The quantitative estimate of drug-likeness (QED) is 0.489. The zero-order chi connectivity index (χ0) is 8.27. The first kappa shape index (κ1) is 8.50. The van der Waals surface area contributed by atoms with Crippen LogP contribution in [-0.2, 0) is 4.74 Å². The molecule has 0 bridgehead atoms. The minimum Gasteiger partial charge on any atom is -0.368 e. The molecule has 0 aromatic rings. The first-order valence-corrected chi connectivity index (χ1v) is 3.89. The maximum atomic E-state index is 5.42. The van der Waals surface area contributed by atoms with Gasteiger partial charge < -0.3 is 10.5 Å². The summed E-state index contributed by atoms with van der Waals surface area (Å²) < 4.78 is 5.11. The average Bonchev–Trinajstić information content (AvgIpc) is 2.81. The van der Waals surface area contributed by atoms with E-state index in [1.807, 2.05) is 6.92 Å². The van der Waals surface area contributed by atoms with E-state index in [4.69, 9.17) is 10.5 Å². The molecule has 0 aromatic carbocycles. The lowest BCUT2D eigenvalue weighted by Crippen LogP contribution is -1.99. The van der Waals surface area contributed by atoms with Gasteiger partial charge in [-0.05, 0) is 19.4 Å². The molecule has 1 atom stereocenters. The first-order valence-electron chi connectivity index (χ1n) is 3.89. The van der Waals surface area contributed by atoms with Gasteiger partial charge in [0, 0.05) is 6.54 Å². The van der Waals surface area contributed by atoms with Crippen LogP contribution in [0.1, 0.15) is 13.8 Å². The molecular weight excluding hydrogens is 138 g/mol. The molecule has 0 amide bonds. The summed E-state index contributed by atoms with van der Waals surface area (Å²) >= 11 is 0. The van der Waals surface area contributed by atoms with Gasteiger partial charge in [-0.25, -0.2) is 0 Å². The lowest BCUT2D eigenvalue weighted by Gasteiger charge is -1.93.